The summed E-state index contributed by atoms with van der Waals surface area (Å²) in [6, 6.07) is 6.69. The Labute approximate surface area is 121 Å². The first kappa shape index (κ1) is 13.3. The summed E-state index contributed by atoms with van der Waals surface area (Å²) in [7, 11) is 0. The van der Waals surface area contributed by atoms with Gasteiger partial charge in [-0.2, -0.15) is 0 Å². The average Bonchev–Trinajstić information content (AvgIpc) is 3.18. The van der Waals surface area contributed by atoms with Gasteiger partial charge in [-0.15, -0.1) is 0 Å². The maximum Gasteiger partial charge on any atom is 0.0642 e. The quantitative estimate of drug-likeness (QED) is 0.889. The highest BCUT2D eigenvalue weighted by molar-refractivity contribution is 6.33. The van der Waals surface area contributed by atoms with Crippen LogP contribution in [0.1, 0.15) is 32.3 Å². The van der Waals surface area contributed by atoms with Crippen LogP contribution in [0.3, 0.4) is 0 Å². The Kier molecular flexibility index (Phi) is 3.26. The predicted molar refractivity (Wildman–Crippen MR) is 82.1 cm³/mol. The second-order valence-electron chi connectivity index (χ2n) is 6.45. The van der Waals surface area contributed by atoms with Gasteiger partial charge < -0.3 is 10.2 Å². The molecule has 3 heteroatoms. The van der Waals surface area contributed by atoms with Gasteiger partial charge in [-0.1, -0.05) is 23.7 Å². The molecule has 2 aliphatic rings. The predicted octanol–water partition coefficient (Wildman–Crippen LogP) is 3.62. The molecule has 0 radical (unpaired) electrons. The molecule has 1 aliphatic carbocycles. The van der Waals surface area contributed by atoms with E-state index in [4.69, 9.17) is 11.6 Å². The van der Waals surface area contributed by atoms with Crippen molar-refractivity contribution in [1.29, 1.82) is 0 Å². The zero-order chi connectivity index (χ0) is 13.6. The van der Waals surface area contributed by atoms with Crippen LogP contribution in [0.4, 0.5) is 5.69 Å². The molecule has 0 bridgehead atoms. The van der Waals surface area contributed by atoms with Crippen LogP contribution in [0, 0.1) is 12.8 Å². The van der Waals surface area contributed by atoms with Crippen LogP contribution >= 0.6 is 11.6 Å². The van der Waals surface area contributed by atoms with E-state index in [1.807, 2.05) is 12.1 Å². The first-order valence-corrected chi connectivity index (χ1v) is 7.66. The van der Waals surface area contributed by atoms with Gasteiger partial charge in [-0.25, -0.2) is 0 Å². The van der Waals surface area contributed by atoms with Crippen LogP contribution in [-0.4, -0.2) is 24.7 Å². The van der Waals surface area contributed by atoms with Gasteiger partial charge in [0.15, 0.2) is 0 Å². The van der Waals surface area contributed by atoms with Crippen molar-refractivity contribution in [3.05, 3.63) is 28.8 Å². The van der Waals surface area contributed by atoms with Crippen molar-refractivity contribution in [3.8, 4) is 0 Å². The summed E-state index contributed by atoms with van der Waals surface area (Å²) in [5.74, 6) is 0.838. The number of hydrogen-bond acceptors (Lipinski definition) is 2. The van der Waals surface area contributed by atoms with E-state index in [1.54, 1.807) is 0 Å². The molecule has 3 rings (SSSR count). The second-order valence-corrected chi connectivity index (χ2v) is 6.86. The lowest BCUT2D eigenvalue weighted by atomic mass is 9.90. The number of para-hydroxylation sites is 1. The van der Waals surface area contributed by atoms with Crippen LogP contribution in [0.2, 0.25) is 5.02 Å². The summed E-state index contributed by atoms with van der Waals surface area (Å²) in [4.78, 5) is 2.51. The van der Waals surface area contributed by atoms with Gasteiger partial charge in [0.25, 0.3) is 0 Å². The maximum atomic E-state index is 6.45. The molecule has 104 valence electrons. The number of piperazine rings is 1. The summed E-state index contributed by atoms with van der Waals surface area (Å²) in [6.07, 6.45) is 2.74. The third-order valence-corrected chi connectivity index (χ3v) is 5.09. The molecule has 19 heavy (non-hydrogen) atoms. The van der Waals surface area contributed by atoms with Gasteiger partial charge in [0, 0.05) is 24.7 Å². The van der Waals surface area contributed by atoms with Crippen LogP contribution in [-0.2, 0) is 0 Å². The van der Waals surface area contributed by atoms with E-state index in [0.29, 0.717) is 6.04 Å². The number of nitrogens with zero attached hydrogens (tertiary/aromatic N) is 1. The van der Waals surface area contributed by atoms with Gasteiger partial charge in [0.1, 0.15) is 0 Å². The topological polar surface area (TPSA) is 15.3 Å². The number of nitrogens with one attached hydrogen (secondary N) is 1. The number of anilines is 1. The molecule has 2 unspecified atom stereocenters. The van der Waals surface area contributed by atoms with Crippen molar-refractivity contribution >= 4 is 17.3 Å². The van der Waals surface area contributed by atoms with Gasteiger partial charge in [0.2, 0.25) is 0 Å². The Hall–Kier alpha value is -0.730. The lowest BCUT2D eigenvalue weighted by Gasteiger charge is -2.47. The van der Waals surface area contributed by atoms with Gasteiger partial charge in [0.05, 0.1) is 10.7 Å². The molecule has 2 fully saturated rings. The third kappa shape index (κ3) is 2.36. The molecule has 1 heterocycles. The highest BCUT2D eigenvalue weighted by Crippen LogP contribution is 2.43. The minimum absolute atomic E-state index is 0.248. The molecule has 2 nitrogen and oxygen atoms in total. The summed E-state index contributed by atoms with van der Waals surface area (Å²) in [6.45, 7) is 8.91. The molecular formula is C16H23ClN2. The van der Waals surface area contributed by atoms with Crippen LogP contribution < -0.4 is 10.2 Å². The molecule has 1 N–H and O–H groups in total. The van der Waals surface area contributed by atoms with Gasteiger partial charge in [-0.05, 0) is 51.2 Å². The second kappa shape index (κ2) is 4.68. The molecule has 1 saturated carbocycles. The maximum absolute atomic E-state index is 6.45. The van der Waals surface area contributed by atoms with E-state index < -0.39 is 0 Å². The minimum atomic E-state index is 0.248. The summed E-state index contributed by atoms with van der Waals surface area (Å²) in [5.41, 5.74) is 2.75. The monoisotopic (exact) mass is 278 g/mol. The largest absolute Gasteiger partial charge is 0.364 e. The number of aryl methyl sites for hydroxylation is 1. The minimum Gasteiger partial charge on any atom is -0.364 e. The zero-order valence-corrected chi connectivity index (χ0v) is 12.8. The number of benzene rings is 1. The van der Waals surface area contributed by atoms with Gasteiger partial charge >= 0.3 is 0 Å². The van der Waals surface area contributed by atoms with Crippen molar-refractivity contribution in [1.82, 2.24) is 5.32 Å². The van der Waals surface area contributed by atoms with E-state index in [-0.39, 0.29) is 5.54 Å². The molecule has 2 atom stereocenters. The fraction of sp³-hybridized carbons (Fsp3) is 0.625. The number of hydrogen-bond donors (Lipinski definition) is 1. The lowest BCUT2D eigenvalue weighted by Crippen LogP contribution is -2.63. The Morgan fingerprint density at radius 1 is 1.37 bits per heavy atom. The standard InChI is InChI=1S/C16H23ClN2/c1-11-5-4-6-14(17)15(11)19-10-16(3,13-7-8-13)18-9-12(19)2/h4-6,12-13,18H,7-10H2,1-3H3. The fourth-order valence-corrected chi connectivity index (χ4v) is 3.67. The van der Waals surface area contributed by atoms with E-state index in [0.717, 1.165) is 24.0 Å². The molecule has 1 aliphatic heterocycles. The van der Waals surface area contributed by atoms with E-state index in [1.165, 1.54) is 24.1 Å². The zero-order valence-electron chi connectivity index (χ0n) is 12.0. The van der Waals surface area contributed by atoms with E-state index in [2.05, 4.69) is 37.1 Å². The summed E-state index contributed by atoms with van der Waals surface area (Å²) < 4.78 is 0. The highest BCUT2D eigenvalue weighted by Gasteiger charge is 2.45. The Morgan fingerprint density at radius 3 is 2.74 bits per heavy atom. The Bertz CT molecular complexity index is 463. The Balaban J connectivity index is 1.93. The number of halogens is 1. The Morgan fingerprint density at radius 2 is 2.11 bits per heavy atom. The molecule has 0 spiro atoms. The molecule has 1 aromatic rings. The van der Waals surface area contributed by atoms with Crippen molar-refractivity contribution in [2.75, 3.05) is 18.0 Å². The van der Waals surface area contributed by atoms with Crippen molar-refractivity contribution in [2.45, 2.75) is 45.2 Å². The first-order chi connectivity index (χ1) is 9.01. The summed E-state index contributed by atoms with van der Waals surface area (Å²) >= 11 is 6.45. The van der Waals surface area contributed by atoms with Crippen molar-refractivity contribution < 1.29 is 0 Å². The number of rotatable bonds is 2. The van der Waals surface area contributed by atoms with Crippen molar-refractivity contribution in [3.63, 3.8) is 0 Å². The normalized spacial score (nSPS) is 31.6. The molecule has 0 amide bonds. The van der Waals surface area contributed by atoms with Crippen LogP contribution in [0.15, 0.2) is 18.2 Å². The molecule has 1 aromatic carbocycles. The summed E-state index contributed by atoms with van der Waals surface area (Å²) in [5, 5.41) is 4.64. The fourth-order valence-electron chi connectivity index (χ4n) is 3.34. The van der Waals surface area contributed by atoms with Gasteiger partial charge in [-0.3, -0.25) is 0 Å². The van der Waals surface area contributed by atoms with E-state index in [9.17, 15) is 0 Å². The highest BCUT2D eigenvalue weighted by atomic mass is 35.5. The third-order valence-electron chi connectivity index (χ3n) is 4.79. The average molecular weight is 279 g/mol. The SMILES string of the molecule is Cc1cccc(Cl)c1N1CC(C)(C2CC2)NCC1C. The first-order valence-electron chi connectivity index (χ1n) is 7.28. The van der Waals surface area contributed by atoms with Crippen LogP contribution in [0.5, 0.6) is 0 Å². The molecule has 0 aromatic heterocycles. The lowest BCUT2D eigenvalue weighted by molar-refractivity contribution is 0.260. The smallest absolute Gasteiger partial charge is 0.0642 e. The van der Waals surface area contributed by atoms with Crippen LogP contribution in [0.25, 0.3) is 0 Å². The molecular weight excluding hydrogens is 256 g/mol. The van der Waals surface area contributed by atoms with E-state index >= 15 is 0 Å². The molecule has 1 saturated heterocycles. The van der Waals surface area contributed by atoms with Crippen molar-refractivity contribution in [2.24, 2.45) is 5.92 Å².